The first-order valence-corrected chi connectivity index (χ1v) is 22.2. The molecule has 2 nitrogen and oxygen atoms in total. The van der Waals surface area contributed by atoms with E-state index in [1.165, 1.54) is 93.5 Å². The second kappa shape index (κ2) is 20.1. The van der Waals surface area contributed by atoms with E-state index < -0.39 is 0 Å². The third-order valence-corrected chi connectivity index (χ3v) is 7.85. The predicted molar refractivity (Wildman–Crippen MR) is 190 cm³/mol. The Morgan fingerprint density at radius 3 is 1.35 bits per heavy atom. The maximum Gasteiger partial charge on any atom is -1.00 e. The molecule has 0 aliphatic carbocycles. The summed E-state index contributed by atoms with van der Waals surface area (Å²) in [5, 5.41) is 5.43. The number of halogens is 2. The molecule has 6 aromatic rings. The molecule has 0 atom stereocenters. The molecule has 0 aliphatic heterocycles. The van der Waals surface area contributed by atoms with Gasteiger partial charge in [0, 0.05) is 12.4 Å². The Hall–Kier alpha value is -2.36. The Kier molecular flexibility index (Phi) is 17.4. The number of fused-ring (bicyclic) bond motifs is 2. The summed E-state index contributed by atoms with van der Waals surface area (Å²) >= 11 is 1.74. The van der Waals surface area contributed by atoms with Crippen LogP contribution in [0.1, 0.15) is 61.8 Å². The first-order chi connectivity index (χ1) is 21.3. The Bertz CT molecular complexity index is 1660. The number of rotatable bonds is 8. The summed E-state index contributed by atoms with van der Waals surface area (Å²) in [4.78, 5) is 9.00. The van der Waals surface area contributed by atoms with E-state index in [-0.39, 0.29) is 30.2 Å². The van der Waals surface area contributed by atoms with Crippen LogP contribution in [0.25, 0.3) is 44.1 Å². The van der Waals surface area contributed by atoms with Gasteiger partial charge < -0.3 is 24.8 Å². The Balaban J connectivity index is 0.000000276. The number of benzene rings is 2. The molecule has 6 heteroatoms. The van der Waals surface area contributed by atoms with Gasteiger partial charge in [-0.3, -0.25) is 9.97 Å². The molecule has 46 heavy (non-hydrogen) atoms. The number of aryl methyl sites for hydroxylation is 4. The molecule has 0 radical (unpaired) electrons. The van der Waals surface area contributed by atoms with E-state index in [0.29, 0.717) is 0 Å². The molecule has 0 unspecified atom stereocenters. The monoisotopic (exact) mass is 742 g/mol. The van der Waals surface area contributed by atoms with Crippen molar-refractivity contribution in [3.63, 3.8) is 0 Å². The standard InChI is InChI=1S/2C19H20N.C2H6Si.2ClH.Zr/c2*1-3-4-7-15-12-17-14(2)9-10-16(18(17)13-15)19-8-5-6-11-20-19;1-3-2;;;/h2*5-6,8-13H,3-4,7H2,1-2H3;1-2H3;2*1H;/q2*-1;;;;+2/p-2. The Morgan fingerprint density at radius 1 is 0.630 bits per heavy atom. The molecule has 0 saturated heterocycles. The second-order valence-electron chi connectivity index (χ2n) is 11.9. The molecule has 0 amide bonds. The first-order valence-electron chi connectivity index (χ1n) is 16.0. The predicted octanol–water partition coefficient (Wildman–Crippen LogP) is 5.34. The van der Waals surface area contributed by atoms with Crippen molar-refractivity contribution < 1.29 is 48.1 Å². The molecular weight excluding hydrogens is 699 g/mol. The fraction of sp³-hybridized carbons (Fsp3) is 0.300. The van der Waals surface area contributed by atoms with Gasteiger partial charge in [-0.05, 0) is 48.2 Å². The number of unbranched alkanes of at least 4 members (excludes halogenated alkanes) is 2. The molecule has 2 aromatic heterocycles. The summed E-state index contributed by atoms with van der Waals surface area (Å²) in [5.41, 5.74) is 10.4. The van der Waals surface area contributed by atoms with Crippen molar-refractivity contribution in [1.29, 1.82) is 0 Å². The number of hydrogen-bond acceptors (Lipinski definition) is 2. The van der Waals surface area contributed by atoms with Gasteiger partial charge in [0.2, 0.25) is 0 Å². The van der Waals surface area contributed by atoms with Crippen LogP contribution in [0.5, 0.6) is 0 Å². The average Bonchev–Trinajstić information content (AvgIpc) is 3.66. The third kappa shape index (κ3) is 10.8. The summed E-state index contributed by atoms with van der Waals surface area (Å²) in [7, 11) is 0. The van der Waals surface area contributed by atoms with E-state index in [1.807, 2.05) is 24.5 Å². The number of nitrogens with zero attached hydrogens (tertiary/aromatic N) is 2. The van der Waals surface area contributed by atoms with E-state index >= 15 is 0 Å². The zero-order chi connectivity index (χ0) is 31.5. The van der Waals surface area contributed by atoms with Crippen molar-refractivity contribution in [2.75, 3.05) is 0 Å². The Morgan fingerprint density at radius 2 is 1.02 bits per heavy atom. The topological polar surface area (TPSA) is 25.8 Å². The Labute approximate surface area is 304 Å². The van der Waals surface area contributed by atoms with Gasteiger partial charge in [-0.2, -0.15) is 12.1 Å². The molecule has 0 saturated carbocycles. The van der Waals surface area contributed by atoms with Crippen molar-refractivity contribution in [3.05, 3.63) is 120 Å². The largest absolute Gasteiger partial charge is 1.00 e. The average molecular weight is 745 g/mol. The number of pyridine rings is 2. The van der Waals surface area contributed by atoms with Crippen LogP contribution < -0.4 is 24.8 Å². The maximum atomic E-state index is 4.50. The van der Waals surface area contributed by atoms with Crippen molar-refractivity contribution in [1.82, 2.24) is 9.97 Å². The van der Waals surface area contributed by atoms with E-state index in [2.05, 4.69) is 124 Å². The molecule has 0 aliphatic rings. The molecule has 240 valence electrons. The fourth-order valence-electron chi connectivity index (χ4n) is 5.55. The number of hydrogen-bond donors (Lipinski definition) is 0. The van der Waals surface area contributed by atoms with Crippen LogP contribution in [0.15, 0.2) is 97.3 Å². The van der Waals surface area contributed by atoms with Crippen molar-refractivity contribution in [2.45, 2.75) is 79.3 Å². The molecule has 0 N–H and O–H groups in total. The van der Waals surface area contributed by atoms with Gasteiger partial charge in [-0.25, -0.2) is 0 Å². The third-order valence-electron chi connectivity index (χ3n) is 7.85. The van der Waals surface area contributed by atoms with Crippen molar-refractivity contribution in [2.24, 2.45) is 0 Å². The molecule has 0 bridgehead atoms. The van der Waals surface area contributed by atoms with E-state index in [1.54, 1.807) is 23.3 Å². The van der Waals surface area contributed by atoms with Gasteiger partial charge in [-0.1, -0.05) is 77.6 Å². The van der Waals surface area contributed by atoms with Gasteiger partial charge in [0.05, 0.1) is 11.4 Å². The summed E-state index contributed by atoms with van der Waals surface area (Å²) in [6.45, 7) is 13.5. The van der Waals surface area contributed by atoms with E-state index in [0.717, 1.165) is 11.4 Å². The normalized spacial score (nSPS) is 10.3. The van der Waals surface area contributed by atoms with Crippen molar-refractivity contribution >= 4 is 27.0 Å². The quantitative estimate of drug-likeness (QED) is 0.156. The van der Waals surface area contributed by atoms with Crippen LogP contribution in [0, 0.1) is 13.8 Å². The minimum Gasteiger partial charge on any atom is -1.00 e. The first kappa shape index (κ1) is 39.8. The summed E-state index contributed by atoms with van der Waals surface area (Å²) in [6, 6.07) is 30.4. The van der Waals surface area contributed by atoms with Crippen LogP contribution in [-0.4, -0.2) is 15.4 Å². The molecule has 2 heterocycles. The minimum absolute atomic E-state index is 0. The van der Waals surface area contributed by atoms with Gasteiger partial charge in [0.1, 0.15) is 0 Å². The summed E-state index contributed by atoms with van der Waals surface area (Å²) in [5.74, 6) is 0. The van der Waals surface area contributed by atoms with Crippen molar-refractivity contribution in [3.8, 4) is 22.5 Å². The summed E-state index contributed by atoms with van der Waals surface area (Å²) < 4.78 is 0. The molecule has 0 spiro atoms. The van der Waals surface area contributed by atoms with Gasteiger partial charge in [-0.15, -0.1) is 68.1 Å². The molecule has 6 rings (SSSR count). The number of aromatic nitrogens is 2. The van der Waals surface area contributed by atoms with Gasteiger partial charge in [0.25, 0.3) is 0 Å². The fourth-order valence-corrected chi connectivity index (χ4v) is 5.55. The van der Waals surface area contributed by atoms with Crippen LogP contribution in [-0.2, 0) is 36.2 Å². The maximum absolute atomic E-state index is 4.50. The van der Waals surface area contributed by atoms with E-state index in [4.69, 9.17) is 0 Å². The zero-order valence-electron chi connectivity index (χ0n) is 28.1. The van der Waals surface area contributed by atoms with Gasteiger partial charge in [0.15, 0.2) is 0 Å². The molecule has 4 aromatic carbocycles. The van der Waals surface area contributed by atoms with Crippen LogP contribution in [0.2, 0.25) is 13.1 Å². The smallest absolute Gasteiger partial charge is 1.00 e. The van der Waals surface area contributed by atoms with Crippen LogP contribution >= 0.6 is 0 Å². The molecule has 0 fully saturated rings. The summed E-state index contributed by atoms with van der Waals surface area (Å²) in [6.07, 6.45) is 11.1. The van der Waals surface area contributed by atoms with Crippen LogP contribution in [0.4, 0.5) is 0 Å². The van der Waals surface area contributed by atoms with Crippen LogP contribution in [0.3, 0.4) is 0 Å². The SMILES string of the molecule is CCCCc1cc2c(-c3ccccn3)ccc(C)c2[cH-]1.CCCCc1cc2c(-c3ccccn3)ccc(C)c2[cH-]1.C[Si](C)=[Zr+2].[Cl-].[Cl-]. The zero-order valence-corrected chi connectivity index (χ0v) is 33.1. The van der Waals surface area contributed by atoms with Gasteiger partial charge >= 0.3 is 41.9 Å². The molecular formula is C40H46Cl2N2SiZr-2. The minimum atomic E-state index is 0. The second-order valence-corrected chi connectivity index (χ2v) is 21.3. The van der Waals surface area contributed by atoms with E-state index in [9.17, 15) is 0 Å².